The minimum atomic E-state index is 0.129. The van der Waals surface area contributed by atoms with Gasteiger partial charge in [-0.1, -0.05) is 12.8 Å². The second kappa shape index (κ2) is 8.65. The summed E-state index contributed by atoms with van der Waals surface area (Å²) in [5, 5.41) is 4.17. The molecule has 2 aliphatic heterocycles. The number of carbonyl (C=O) groups is 2. The number of likely N-dealkylation sites (tertiary alicyclic amines) is 2. The van der Waals surface area contributed by atoms with Crippen molar-refractivity contribution in [2.24, 2.45) is 5.92 Å². The van der Waals surface area contributed by atoms with E-state index in [1.165, 1.54) is 18.4 Å². The molecule has 3 heterocycles. The van der Waals surface area contributed by atoms with Gasteiger partial charge >= 0.3 is 0 Å². The number of amides is 2. The molecule has 24 heavy (non-hydrogen) atoms. The zero-order chi connectivity index (χ0) is 16.8. The van der Waals surface area contributed by atoms with Crippen molar-refractivity contribution in [2.45, 2.75) is 51.4 Å². The molecule has 3 rings (SSSR count). The van der Waals surface area contributed by atoms with Crippen LogP contribution in [0.1, 0.15) is 50.5 Å². The predicted molar refractivity (Wildman–Crippen MR) is 97.0 cm³/mol. The molecule has 0 aromatic carbocycles. The molecule has 0 radical (unpaired) electrons. The Balaban J connectivity index is 1.43. The summed E-state index contributed by atoms with van der Waals surface area (Å²) in [4.78, 5) is 29.1. The summed E-state index contributed by atoms with van der Waals surface area (Å²) < 4.78 is 0. The first kappa shape index (κ1) is 17.5. The lowest BCUT2D eigenvalue weighted by Crippen LogP contribution is -2.44. The van der Waals surface area contributed by atoms with Crippen LogP contribution < -0.4 is 0 Å². The molecule has 0 bridgehead atoms. The topological polar surface area (TPSA) is 40.6 Å². The Morgan fingerprint density at radius 2 is 1.71 bits per heavy atom. The third-order valence-corrected chi connectivity index (χ3v) is 6.05. The van der Waals surface area contributed by atoms with Gasteiger partial charge in [0.25, 0.3) is 0 Å². The first-order valence-corrected chi connectivity index (χ1v) is 10.3. The van der Waals surface area contributed by atoms with Gasteiger partial charge in [-0.25, -0.2) is 0 Å². The fourth-order valence-electron chi connectivity index (χ4n) is 3.77. The van der Waals surface area contributed by atoms with Crippen LogP contribution in [0, 0.1) is 5.92 Å². The van der Waals surface area contributed by atoms with Crippen LogP contribution in [0.15, 0.2) is 16.8 Å². The van der Waals surface area contributed by atoms with Crippen LogP contribution >= 0.6 is 11.3 Å². The number of hydrogen-bond donors (Lipinski definition) is 0. The van der Waals surface area contributed by atoms with Crippen molar-refractivity contribution in [1.82, 2.24) is 9.80 Å². The van der Waals surface area contributed by atoms with E-state index in [-0.39, 0.29) is 11.8 Å². The van der Waals surface area contributed by atoms with Crippen LogP contribution in [0.2, 0.25) is 0 Å². The summed E-state index contributed by atoms with van der Waals surface area (Å²) in [5.74, 6) is 0.702. The molecule has 2 saturated heterocycles. The third kappa shape index (κ3) is 4.59. The van der Waals surface area contributed by atoms with E-state index >= 15 is 0 Å². The maximum absolute atomic E-state index is 12.7. The predicted octanol–water partition coefficient (Wildman–Crippen LogP) is 3.32. The van der Waals surface area contributed by atoms with E-state index in [0.717, 1.165) is 58.3 Å². The average molecular weight is 349 g/mol. The van der Waals surface area contributed by atoms with Crippen LogP contribution in [0.5, 0.6) is 0 Å². The Kier molecular flexibility index (Phi) is 6.30. The Bertz CT molecular complexity index is 528. The molecule has 4 nitrogen and oxygen atoms in total. The quantitative estimate of drug-likeness (QED) is 0.837. The highest BCUT2D eigenvalue weighted by Crippen LogP contribution is 2.22. The molecule has 0 unspecified atom stereocenters. The van der Waals surface area contributed by atoms with Gasteiger partial charge in [-0.3, -0.25) is 9.59 Å². The summed E-state index contributed by atoms with van der Waals surface area (Å²) in [6.07, 6.45) is 7.87. The van der Waals surface area contributed by atoms with Gasteiger partial charge < -0.3 is 9.80 Å². The largest absolute Gasteiger partial charge is 0.343 e. The minimum absolute atomic E-state index is 0.129. The van der Waals surface area contributed by atoms with E-state index in [9.17, 15) is 9.59 Å². The van der Waals surface area contributed by atoms with Gasteiger partial charge in [-0.05, 0) is 54.5 Å². The number of aryl methyl sites for hydroxylation is 1. The van der Waals surface area contributed by atoms with Gasteiger partial charge in [0.05, 0.1) is 0 Å². The molecule has 2 fully saturated rings. The van der Waals surface area contributed by atoms with E-state index in [4.69, 9.17) is 0 Å². The second-order valence-electron chi connectivity index (χ2n) is 7.03. The van der Waals surface area contributed by atoms with Crippen molar-refractivity contribution < 1.29 is 9.59 Å². The summed E-state index contributed by atoms with van der Waals surface area (Å²) >= 11 is 1.68. The summed E-state index contributed by atoms with van der Waals surface area (Å²) in [6, 6.07) is 2.09. The number of thiophene rings is 1. The monoisotopic (exact) mass is 348 g/mol. The van der Waals surface area contributed by atoms with Crippen molar-refractivity contribution in [3.05, 3.63) is 22.4 Å². The number of nitrogens with zero attached hydrogens (tertiary/aromatic N) is 2. The van der Waals surface area contributed by atoms with Crippen molar-refractivity contribution in [3.8, 4) is 0 Å². The maximum Gasteiger partial charge on any atom is 0.225 e. The molecule has 2 aliphatic rings. The lowest BCUT2D eigenvalue weighted by molar-refractivity contribution is -0.140. The fraction of sp³-hybridized carbons (Fsp3) is 0.684. The van der Waals surface area contributed by atoms with Gasteiger partial charge in [0.1, 0.15) is 0 Å². The molecule has 0 N–H and O–H groups in total. The highest BCUT2D eigenvalue weighted by Gasteiger charge is 2.30. The Labute approximate surface area is 148 Å². The van der Waals surface area contributed by atoms with Crippen molar-refractivity contribution in [1.29, 1.82) is 0 Å². The fourth-order valence-corrected chi connectivity index (χ4v) is 4.47. The second-order valence-corrected chi connectivity index (χ2v) is 7.81. The normalized spacial score (nSPS) is 20.0. The molecule has 0 atom stereocenters. The van der Waals surface area contributed by atoms with E-state index in [1.807, 2.05) is 4.90 Å². The molecule has 0 spiro atoms. The van der Waals surface area contributed by atoms with Gasteiger partial charge in [-0.15, -0.1) is 0 Å². The van der Waals surface area contributed by atoms with E-state index in [0.29, 0.717) is 12.3 Å². The minimum Gasteiger partial charge on any atom is -0.343 e. The summed E-state index contributed by atoms with van der Waals surface area (Å²) in [7, 11) is 0. The lowest BCUT2D eigenvalue weighted by atomic mass is 9.94. The van der Waals surface area contributed by atoms with Crippen molar-refractivity contribution >= 4 is 23.2 Å². The highest BCUT2D eigenvalue weighted by atomic mass is 32.1. The van der Waals surface area contributed by atoms with E-state index in [2.05, 4.69) is 21.7 Å². The molecule has 1 aromatic rings. The number of rotatable bonds is 4. The Hall–Kier alpha value is -1.36. The number of carbonyl (C=O) groups excluding carboxylic acids is 2. The van der Waals surface area contributed by atoms with Gasteiger partial charge in [0.2, 0.25) is 11.8 Å². The number of piperidine rings is 1. The first-order chi connectivity index (χ1) is 11.7. The standard InChI is InChI=1S/C19H28N2O2S/c22-18(6-5-16-9-14-24-15-16)20-12-7-17(8-13-20)19(23)21-10-3-1-2-4-11-21/h9,14-15,17H,1-8,10-13H2. The van der Waals surface area contributed by atoms with Crippen LogP contribution in [-0.4, -0.2) is 47.8 Å². The van der Waals surface area contributed by atoms with Crippen molar-refractivity contribution in [3.63, 3.8) is 0 Å². The van der Waals surface area contributed by atoms with E-state index in [1.54, 1.807) is 11.3 Å². The first-order valence-electron chi connectivity index (χ1n) is 9.31. The smallest absolute Gasteiger partial charge is 0.225 e. The van der Waals surface area contributed by atoms with Crippen LogP contribution in [-0.2, 0) is 16.0 Å². The molecule has 1 aromatic heterocycles. The maximum atomic E-state index is 12.7. The SMILES string of the molecule is O=C(CCc1ccsc1)N1CCC(C(=O)N2CCCCCC2)CC1. The van der Waals surface area contributed by atoms with Crippen LogP contribution in [0.4, 0.5) is 0 Å². The van der Waals surface area contributed by atoms with Gasteiger partial charge in [-0.2, -0.15) is 11.3 Å². The van der Waals surface area contributed by atoms with Crippen LogP contribution in [0.25, 0.3) is 0 Å². The molecule has 0 saturated carbocycles. The Morgan fingerprint density at radius 3 is 2.33 bits per heavy atom. The average Bonchev–Trinajstić information content (AvgIpc) is 2.99. The molecule has 132 valence electrons. The molecule has 5 heteroatoms. The van der Waals surface area contributed by atoms with Gasteiger partial charge in [0, 0.05) is 38.5 Å². The highest BCUT2D eigenvalue weighted by molar-refractivity contribution is 7.07. The lowest BCUT2D eigenvalue weighted by Gasteiger charge is -2.34. The van der Waals surface area contributed by atoms with Crippen LogP contribution in [0.3, 0.4) is 0 Å². The zero-order valence-corrected chi connectivity index (χ0v) is 15.2. The van der Waals surface area contributed by atoms with Gasteiger partial charge in [0.15, 0.2) is 0 Å². The molecule has 2 amide bonds. The summed E-state index contributed by atoms with van der Waals surface area (Å²) in [6.45, 7) is 3.34. The van der Waals surface area contributed by atoms with Crippen molar-refractivity contribution in [2.75, 3.05) is 26.2 Å². The molecular formula is C19H28N2O2S. The number of hydrogen-bond acceptors (Lipinski definition) is 3. The Morgan fingerprint density at radius 1 is 1.00 bits per heavy atom. The molecule has 0 aliphatic carbocycles. The molecular weight excluding hydrogens is 320 g/mol. The zero-order valence-electron chi connectivity index (χ0n) is 14.4. The summed E-state index contributed by atoms with van der Waals surface area (Å²) in [5.41, 5.74) is 1.25. The van der Waals surface area contributed by atoms with E-state index < -0.39 is 0 Å². The third-order valence-electron chi connectivity index (χ3n) is 5.32.